The highest BCUT2D eigenvalue weighted by Gasteiger charge is 2.15. The van der Waals surface area contributed by atoms with Gasteiger partial charge in [0.1, 0.15) is 0 Å². The van der Waals surface area contributed by atoms with Crippen molar-refractivity contribution in [2.24, 2.45) is 0 Å². The number of halogens is 3. The highest BCUT2D eigenvalue weighted by atomic mass is 35.5. The highest BCUT2D eigenvalue weighted by molar-refractivity contribution is 7.16. The van der Waals surface area contributed by atoms with Crippen molar-refractivity contribution in [1.29, 1.82) is 0 Å². The predicted molar refractivity (Wildman–Crippen MR) is 86.1 cm³/mol. The van der Waals surface area contributed by atoms with Crippen LogP contribution >= 0.6 is 46.1 Å². The Kier molecular flexibility index (Phi) is 4.81. The lowest BCUT2D eigenvalue weighted by Gasteiger charge is -2.13. The Morgan fingerprint density at radius 1 is 1.25 bits per heavy atom. The lowest BCUT2D eigenvalue weighted by molar-refractivity contribution is 0.0940. The smallest absolute Gasteiger partial charge is 0.251 e. The second-order valence-corrected chi connectivity index (χ2v) is 6.75. The largest absolute Gasteiger partial charge is 0.396 e. The highest BCUT2D eigenvalue weighted by Crippen LogP contribution is 2.30. The molecule has 1 unspecified atom stereocenters. The van der Waals surface area contributed by atoms with Gasteiger partial charge in [-0.15, -0.1) is 11.3 Å². The molecule has 1 aromatic carbocycles. The maximum Gasteiger partial charge on any atom is 0.251 e. The number of anilines is 1. The molecule has 2 aromatic rings. The number of thiophene rings is 1. The Bertz CT molecular complexity index is 634. The Morgan fingerprint density at radius 3 is 2.35 bits per heavy atom. The molecule has 1 heterocycles. The molecule has 0 aliphatic heterocycles. The van der Waals surface area contributed by atoms with Gasteiger partial charge in [0.2, 0.25) is 0 Å². The summed E-state index contributed by atoms with van der Waals surface area (Å²) >= 11 is 19.1. The molecule has 3 N–H and O–H groups in total. The van der Waals surface area contributed by atoms with Gasteiger partial charge in [0, 0.05) is 10.4 Å². The average molecular weight is 350 g/mol. The molecule has 0 bridgehead atoms. The topological polar surface area (TPSA) is 55.1 Å². The minimum absolute atomic E-state index is 0.157. The van der Waals surface area contributed by atoms with Crippen molar-refractivity contribution < 1.29 is 4.79 Å². The van der Waals surface area contributed by atoms with Crippen molar-refractivity contribution in [1.82, 2.24) is 5.32 Å². The van der Waals surface area contributed by atoms with Gasteiger partial charge in [0.15, 0.2) is 0 Å². The SMILES string of the molecule is CC(NC(=O)c1cc(Cl)c(N)c(Cl)c1)c1ccc(Cl)s1. The van der Waals surface area contributed by atoms with E-state index in [1.807, 2.05) is 13.0 Å². The van der Waals surface area contributed by atoms with Crippen molar-refractivity contribution in [3.63, 3.8) is 0 Å². The molecule has 0 aliphatic rings. The lowest BCUT2D eigenvalue weighted by atomic mass is 10.1. The molecule has 0 aliphatic carbocycles. The van der Waals surface area contributed by atoms with Gasteiger partial charge in [-0.25, -0.2) is 0 Å². The maximum atomic E-state index is 12.2. The summed E-state index contributed by atoms with van der Waals surface area (Å²) in [6.07, 6.45) is 0. The number of hydrogen-bond donors (Lipinski definition) is 2. The van der Waals surface area contributed by atoms with E-state index in [4.69, 9.17) is 40.5 Å². The minimum Gasteiger partial charge on any atom is -0.396 e. The van der Waals surface area contributed by atoms with Crippen molar-refractivity contribution in [2.45, 2.75) is 13.0 Å². The van der Waals surface area contributed by atoms with E-state index in [0.717, 1.165) is 4.88 Å². The number of nitrogen functional groups attached to an aromatic ring is 1. The van der Waals surface area contributed by atoms with Crippen LogP contribution < -0.4 is 11.1 Å². The van der Waals surface area contributed by atoms with Crippen LogP contribution in [0.2, 0.25) is 14.4 Å². The summed E-state index contributed by atoms with van der Waals surface area (Å²) in [4.78, 5) is 13.1. The summed E-state index contributed by atoms with van der Waals surface area (Å²) in [7, 11) is 0. The zero-order valence-electron chi connectivity index (χ0n) is 10.4. The predicted octanol–water partition coefficient (Wildman–Crippen LogP) is 4.78. The van der Waals surface area contributed by atoms with E-state index in [-0.39, 0.29) is 27.7 Å². The summed E-state index contributed by atoms with van der Waals surface area (Å²) in [5.41, 5.74) is 6.27. The quantitative estimate of drug-likeness (QED) is 0.783. The molecule has 0 spiro atoms. The maximum absolute atomic E-state index is 12.2. The molecule has 7 heteroatoms. The zero-order valence-corrected chi connectivity index (χ0v) is 13.5. The van der Waals surface area contributed by atoms with E-state index in [1.54, 1.807) is 6.07 Å². The first kappa shape index (κ1) is 15.4. The normalized spacial score (nSPS) is 12.2. The van der Waals surface area contributed by atoms with Crippen molar-refractivity contribution in [3.8, 4) is 0 Å². The molecule has 0 radical (unpaired) electrons. The van der Waals surface area contributed by atoms with Gasteiger partial charge in [-0.1, -0.05) is 34.8 Å². The van der Waals surface area contributed by atoms with Gasteiger partial charge in [-0.05, 0) is 31.2 Å². The fourth-order valence-electron chi connectivity index (χ4n) is 1.63. The molecule has 106 valence electrons. The van der Waals surface area contributed by atoms with Crippen molar-refractivity contribution in [2.75, 3.05) is 5.73 Å². The first-order valence-electron chi connectivity index (χ1n) is 5.69. The number of rotatable bonds is 3. The monoisotopic (exact) mass is 348 g/mol. The molecule has 0 saturated heterocycles. The van der Waals surface area contributed by atoms with Gasteiger partial charge in [-0.3, -0.25) is 4.79 Å². The summed E-state index contributed by atoms with van der Waals surface area (Å²) in [6, 6.07) is 6.50. The second kappa shape index (κ2) is 6.22. The number of amides is 1. The zero-order chi connectivity index (χ0) is 14.9. The number of carbonyl (C=O) groups is 1. The molecule has 20 heavy (non-hydrogen) atoms. The van der Waals surface area contributed by atoms with Crippen LogP contribution in [0.4, 0.5) is 5.69 Å². The third kappa shape index (κ3) is 3.38. The Morgan fingerprint density at radius 2 is 1.85 bits per heavy atom. The number of carbonyl (C=O) groups excluding carboxylic acids is 1. The van der Waals surface area contributed by atoms with Crippen LogP contribution in [-0.2, 0) is 0 Å². The van der Waals surface area contributed by atoms with Crippen molar-refractivity contribution in [3.05, 3.63) is 49.1 Å². The summed E-state index contributed by atoms with van der Waals surface area (Å²) in [6.45, 7) is 1.88. The molecule has 2 rings (SSSR count). The molecular weight excluding hydrogens is 339 g/mol. The summed E-state index contributed by atoms with van der Waals surface area (Å²) in [5, 5.41) is 3.37. The molecule has 3 nitrogen and oxygen atoms in total. The fourth-order valence-corrected chi connectivity index (χ4v) is 3.18. The van der Waals surface area contributed by atoms with Crippen LogP contribution in [0.5, 0.6) is 0 Å². The van der Waals surface area contributed by atoms with E-state index in [1.165, 1.54) is 23.5 Å². The van der Waals surface area contributed by atoms with Crippen LogP contribution in [0, 0.1) is 0 Å². The number of nitrogens with two attached hydrogens (primary N) is 1. The third-order valence-electron chi connectivity index (χ3n) is 2.71. The number of nitrogens with one attached hydrogen (secondary N) is 1. The van der Waals surface area contributed by atoms with E-state index in [0.29, 0.717) is 9.90 Å². The van der Waals surface area contributed by atoms with E-state index in [2.05, 4.69) is 5.32 Å². The van der Waals surface area contributed by atoms with Crippen LogP contribution in [0.1, 0.15) is 28.2 Å². The van der Waals surface area contributed by atoms with Gasteiger partial charge in [0.05, 0.1) is 26.1 Å². The van der Waals surface area contributed by atoms with Crippen LogP contribution in [0.25, 0.3) is 0 Å². The van der Waals surface area contributed by atoms with E-state index < -0.39 is 0 Å². The lowest BCUT2D eigenvalue weighted by Crippen LogP contribution is -2.26. The summed E-state index contributed by atoms with van der Waals surface area (Å²) < 4.78 is 0.680. The fraction of sp³-hybridized carbons (Fsp3) is 0.154. The van der Waals surface area contributed by atoms with Gasteiger partial charge in [-0.2, -0.15) is 0 Å². The number of hydrogen-bond acceptors (Lipinski definition) is 3. The van der Waals surface area contributed by atoms with E-state index >= 15 is 0 Å². The van der Waals surface area contributed by atoms with Gasteiger partial charge < -0.3 is 11.1 Å². The van der Waals surface area contributed by atoms with Crippen molar-refractivity contribution >= 4 is 57.7 Å². The first-order chi connectivity index (χ1) is 9.38. The molecule has 0 saturated carbocycles. The Hall–Kier alpha value is -0.940. The van der Waals surface area contributed by atoms with Gasteiger partial charge >= 0.3 is 0 Å². The Labute approximate surface area is 135 Å². The standard InChI is InChI=1S/C13H11Cl3N2OS/c1-6(10-2-3-11(16)20-10)18-13(19)7-4-8(14)12(17)9(15)5-7/h2-6H,17H2,1H3,(H,18,19). The van der Waals surface area contributed by atoms with Crippen LogP contribution in [0.3, 0.4) is 0 Å². The number of benzene rings is 1. The first-order valence-corrected chi connectivity index (χ1v) is 7.64. The van der Waals surface area contributed by atoms with Crippen LogP contribution in [0.15, 0.2) is 24.3 Å². The second-order valence-electron chi connectivity index (χ2n) is 4.19. The Balaban J connectivity index is 2.16. The third-order valence-corrected chi connectivity index (χ3v) is 4.75. The van der Waals surface area contributed by atoms with Crippen LogP contribution in [-0.4, -0.2) is 5.91 Å². The van der Waals surface area contributed by atoms with E-state index in [9.17, 15) is 4.79 Å². The average Bonchev–Trinajstić information content (AvgIpc) is 2.82. The summed E-state index contributed by atoms with van der Waals surface area (Å²) in [5.74, 6) is -0.272. The molecule has 1 atom stereocenters. The molecule has 1 aromatic heterocycles. The van der Waals surface area contributed by atoms with Gasteiger partial charge in [0.25, 0.3) is 5.91 Å². The molecule has 1 amide bonds. The molecular formula is C13H11Cl3N2OS. The minimum atomic E-state index is -0.272. The molecule has 0 fully saturated rings.